The van der Waals surface area contributed by atoms with Crippen LogP contribution in [0.2, 0.25) is 5.02 Å². The van der Waals surface area contributed by atoms with Gasteiger partial charge in [-0.1, -0.05) is 27.5 Å². The number of benzene rings is 1. The van der Waals surface area contributed by atoms with Crippen molar-refractivity contribution < 1.29 is 13.2 Å². The van der Waals surface area contributed by atoms with Crippen molar-refractivity contribution in [3.05, 3.63) is 43.6 Å². The number of rotatable bonds is 6. The zero-order chi connectivity index (χ0) is 20.5. The van der Waals surface area contributed by atoms with Crippen molar-refractivity contribution in [3.63, 3.8) is 0 Å². The number of hydrogen-bond donors (Lipinski definition) is 2. The number of aromatic nitrogens is 2. The van der Waals surface area contributed by atoms with Crippen LogP contribution in [0.15, 0.2) is 27.1 Å². The van der Waals surface area contributed by atoms with E-state index in [9.17, 15) is 13.2 Å². The predicted octanol–water partition coefficient (Wildman–Crippen LogP) is 6.33. The lowest BCUT2D eigenvalue weighted by molar-refractivity contribution is -0.142. The normalized spacial score (nSPS) is 14.2. The summed E-state index contributed by atoms with van der Waals surface area (Å²) < 4.78 is 41.8. The van der Waals surface area contributed by atoms with Crippen LogP contribution in [0.5, 0.6) is 0 Å². The average molecular weight is 561 g/mol. The van der Waals surface area contributed by atoms with Gasteiger partial charge < -0.3 is 10.6 Å². The molecule has 1 aromatic carbocycles. The lowest BCUT2D eigenvalue weighted by Crippen LogP contribution is -2.30. The first-order valence-corrected chi connectivity index (χ1v) is 10.9. The van der Waals surface area contributed by atoms with Gasteiger partial charge >= 0.3 is 6.18 Å². The summed E-state index contributed by atoms with van der Waals surface area (Å²) in [6, 6.07) is 5.38. The fourth-order valence-corrected chi connectivity index (χ4v) is 4.50. The number of alkyl halides is 3. The third-order valence-electron chi connectivity index (χ3n) is 4.18. The van der Waals surface area contributed by atoms with Crippen LogP contribution in [0.1, 0.15) is 36.6 Å². The van der Waals surface area contributed by atoms with Crippen molar-refractivity contribution in [2.75, 3.05) is 11.9 Å². The topological polar surface area (TPSA) is 41.9 Å². The highest BCUT2D eigenvalue weighted by molar-refractivity contribution is 9.10. The van der Waals surface area contributed by atoms with Crippen molar-refractivity contribution in [1.82, 2.24) is 15.1 Å². The number of halogens is 6. The highest BCUT2D eigenvalue weighted by Gasteiger charge is 2.41. The average Bonchev–Trinajstić information content (AvgIpc) is 3.37. The molecular weight excluding hydrogens is 545 g/mol. The van der Waals surface area contributed by atoms with E-state index in [4.69, 9.17) is 23.8 Å². The Bertz CT molecular complexity index is 884. The molecule has 4 nitrogen and oxygen atoms in total. The molecule has 0 unspecified atom stereocenters. The molecule has 1 heterocycles. The fraction of sp³-hybridized carbons (Fsp3) is 0.412. The maximum Gasteiger partial charge on any atom is 0.436 e. The van der Waals surface area contributed by atoms with Crippen molar-refractivity contribution >= 4 is 66.5 Å². The molecule has 2 aromatic rings. The first-order chi connectivity index (χ1) is 13.2. The van der Waals surface area contributed by atoms with Crippen molar-refractivity contribution in [2.24, 2.45) is 0 Å². The highest BCUT2D eigenvalue weighted by atomic mass is 79.9. The van der Waals surface area contributed by atoms with Gasteiger partial charge in [-0.2, -0.15) is 18.3 Å². The van der Waals surface area contributed by atoms with Crippen molar-refractivity contribution in [3.8, 4) is 0 Å². The van der Waals surface area contributed by atoms with Gasteiger partial charge in [-0.05, 0) is 65.6 Å². The van der Waals surface area contributed by atoms with E-state index in [0.29, 0.717) is 41.0 Å². The molecule has 1 saturated carbocycles. The van der Waals surface area contributed by atoms with Gasteiger partial charge in [0, 0.05) is 23.5 Å². The summed E-state index contributed by atoms with van der Waals surface area (Å²) in [5.74, 6) is 0.147. The van der Waals surface area contributed by atoms with Crippen LogP contribution in [0.25, 0.3) is 0 Å². The van der Waals surface area contributed by atoms with Crippen LogP contribution in [0.3, 0.4) is 0 Å². The van der Waals surface area contributed by atoms with E-state index in [0.717, 1.165) is 17.3 Å². The first-order valence-electron chi connectivity index (χ1n) is 8.50. The van der Waals surface area contributed by atoms with Crippen LogP contribution in [-0.4, -0.2) is 21.4 Å². The largest absolute Gasteiger partial charge is 0.436 e. The summed E-state index contributed by atoms with van der Waals surface area (Å²) in [5.41, 5.74) is 0.448. The summed E-state index contributed by atoms with van der Waals surface area (Å²) >= 11 is 17.8. The minimum absolute atomic E-state index is 0.0672. The molecule has 0 saturated heterocycles. The Labute approximate surface area is 187 Å². The quantitative estimate of drug-likeness (QED) is 0.320. The third kappa shape index (κ3) is 5.40. The molecule has 0 amide bonds. The lowest BCUT2D eigenvalue weighted by atomic mass is 10.2. The molecule has 1 fully saturated rings. The van der Waals surface area contributed by atoms with Crippen molar-refractivity contribution in [2.45, 2.75) is 37.9 Å². The summed E-state index contributed by atoms with van der Waals surface area (Å²) in [7, 11) is 0. The first kappa shape index (κ1) is 21.9. The molecule has 1 aliphatic carbocycles. The molecule has 1 aliphatic rings. The van der Waals surface area contributed by atoms with Gasteiger partial charge in [0.05, 0.1) is 20.9 Å². The van der Waals surface area contributed by atoms with E-state index >= 15 is 0 Å². The van der Waals surface area contributed by atoms with E-state index in [1.54, 1.807) is 12.1 Å². The Balaban J connectivity index is 1.54. The van der Waals surface area contributed by atoms with Crippen molar-refractivity contribution in [1.29, 1.82) is 0 Å². The third-order valence-corrected chi connectivity index (χ3v) is 6.01. The standard InChI is InChI=1S/C17H16Br2ClF3N4S/c18-10-4-5-12(11(20)8-10)25-16(28)24-6-1-7-27-14(9-2-3-9)13(19)15(26-27)17(21,22)23/h4-5,8-9H,1-3,6-7H2,(H2,24,25,28). The summed E-state index contributed by atoms with van der Waals surface area (Å²) in [6.07, 6.45) is -2.12. The van der Waals surface area contributed by atoms with Gasteiger partial charge in [-0.3, -0.25) is 4.68 Å². The second-order valence-electron chi connectivity index (χ2n) is 6.40. The smallest absolute Gasteiger partial charge is 0.362 e. The van der Waals surface area contributed by atoms with E-state index in [1.807, 2.05) is 6.07 Å². The molecule has 0 spiro atoms. The zero-order valence-electron chi connectivity index (χ0n) is 14.4. The highest BCUT2D eigenvalue weighted by Crippen LogP contribution is 2.47. The van der Waals surface area contributed by atoms with Gasteiger partial charge in [-0.15, -0.1) is 0 Å². The second-order valence-corrected chi connectivity index (χ2v) is 8.93. The predicted molar refractivity (Wildman–Crippen MR) is 115 cm³/mol. The maximum atomic E-state index is 13.1. The SMILES string of the molecule is FC(F)(F)c1nn(CCCNC(=S)Nc2ccc(Br)cc2Cl)c(C2CC2)c1Br. The molecule has 3 rings (SSSR count). The number of anilines is 1. The Morgan fingerprint density at radius 2 is 2.04 bits per heavy atom. The van der Waals surface area contributed by atoms with Crippen LogP contribution >= 0.6 is 55.7 Å². The van der Waals surface area contributed by atoms with E-state index in [-0.39, 0.29) is 10.4 Å². The monoisotopic (exact) mass is 558 g/mol. The number of hydrogen-bond acceptors (Lipinski definition) is 2. The molecule has 2 N–H and O–H groups in total. The number of nitrogens with one attached hydrogen (secondary N) is 2. The minimum atomic E-state index is -4.47. The molecule has 0 bridgehead atoms. The summed E-state index contributed by atoms with van der Waals surface area (Å²) in [6.45, 7) is 0.859. The molecule has 0 atom stereocenters. The number of nitrogens with zero attached hydrogens (tertiary/aromatic N) is 2. The van der Waals surface area contributed by atoms with Gasteiger partial charge in [0.25, 0.3) is 0 Å². The molecule has 152 valence electrons. The Morgan fingerprint density at radius 1 is 1.32 bits per heavy atom. The van der Waals surface area contributed by atoms with E-state index in [1.165, 1.54) is 4.68 Å². The van der Waals surface area contributed by atoms with Crippen LogP contribution < -0.4 is 10.6 Å². The molecule has 11 heteroatoms. The Hall–Kier alpha value is -0.840. The van der Waals surface area contributed by atoms with E-state index in [2.05, 4.69) is 47.6 Å². The molecule has 1 aromatic heterocycles. The number of thiocarbonyl (C=S) groups is 1. The van der Waals surface area contributed by atoms with Gasteiger partial charge in [0.1, 0.15) is 0 Å². The summed E-state index contributed by atoms with van der Waals surface area (Å²) in [5, 5.41) is 10.7. The van der Waals surface area contributed by atoms with Gasteiger partial charge in [0.15, 0.2) is 10.8 Å². The summed E-state index contributed by atoms with van der Waals surface area (Å²) in [4.78, 5) is 0. The Morgan fingerprint density at radius 3 is 2.64 bits per heavy atom. The molecule has 0 aliphatic heterocycles. The lowest BCUT2D eigenvalue weighted by Gasteiger charge is -2.12. The van der Waals surface area contributed by atoms with Gasteiger partial charge in [0.2, 0.25) is 0 Å². The van der Waals surface area contributed by atoms with Crippen LogP contribution in [-0.2, 0) is 12.7 Å². The van der Waals surface area contributed by atoms with Crippen LogP contribution in [0, 0.1) is 0 Å². The minimum Gasteiger partial charge on any atom is -0.362 e. The maximum absolute atomic E-state index is 13.1. The molecule has 28 heavy (non-hydrogen) atoms. The molecular formula is C17H16Br2ClF3N4S. The Kier molecular flexibility index (Phi) is 6.94. The fourth-order valence-electron chi connectivity index (χ4n) is 2.74. The van der Waals surface area contributed by atoms with E-state index < -0.39 is 11.9 Å². The number of aryl methyl sites for hydroxylation is 1. The molecule has 0 radical (unpaired) electrons. The van der Waals surface area contributed by atoms with Gasteiger partial charge in [-0.25, -0.2) is 0 Å². The zero-order valence-corrected chi connectivity index (χ0v) is 19.2. The second kappa shape index (κ2) is 8.89. The van der Waals surface area contributed by atoms with Crippen LogP contribution in [0.4, 0.5) is 18.9 Å².